The van der Waals surface area contributed by atoms with Gasteiger partial charge in [0.2, 0.25) is 5.89 Å². The lowest BCUT2D eigenvalue weighted by atomic mass is 10.1. The van der Waals surface area contributed by atoms with Crippen molar-refractivity contribution in [2.75, 3.05) is 5.32 Å². The molecule has 0 atom stereocenters. The first-order chi connectivity index (χ1) is 18.7. The first kappa shape index (κ1) is 26.0. The molecule has 0 radical (unpaired) electrons. The molecule has 0 saturated heterocycles. The van der Waals surface area contributed by atoms with Gasteiger partial charge in [0.1, 0.15) is 11.4 Å². The normalized spacial score (nSPS) is 11.1. The van der Waals surface area contributed by atoms with E-state index < -0.39 is 5.91 Å². The number of rotatable bonds is 7. The van der Waals surface area contributed by atoms with Crippen LogP contribution in [0.4, 0.5) is 5.69 Å². The highest BCUT2D eigenvalue weighted by Crippen LogP contribution is 2.34. The molecular weight excluding hydrogens is 518 g/mol. The van der Waals surface area contributed by atoms with Crippen LogP contribution in [0.25, 0.3) is 28.6 Å². The molecule has 39 heavy (non-hydrogen) atoms. The molecule has 9 nitrogen and oxygen atoms in total. The van der Waals surface area contributed by atoms with E-state index >= 15 is 0 Å². The maximum absolute atomic E-state index is 13.2. The van der Waals surface area contributed by atoms with Gasteiger partial charge in [-0.3, -0.25) is 14.3 Å². The molecule has 5 rings (SSSR count). The van der Waals surface area contributed by atoms with Crippen LogP contribution in [0.3, 0.4) is 0 Å². The number of nitrogens with zero attached hydrogens (tertiary/aromatic N) is 4. The van der Waals surface area contributed by atoms with Gasteiger partial charge in [0.25, 0.3) is 17.4 Å². The van der Waals surface area contributed by atoms with Gasteiger partial charge in [-0.25, -0.2) is 4.68 Å². The summed E-state index contributed by atoms with van der Waals surface area (Å²) in [6.45, 7) is 5.62. The number of hydrogen-bond donors (Lipinski definition) is 1. The Bertz CT molecular complexity index is 1720. The summed E-state index contributed by atoms with van der Waals surface area (Å²) in [6, 6.07) is 21.2. The number of anilines is 1. The number of benzene rings is 3. The standard InChI is InChI=1S/C29H26ClN5O4/c1-17(2)38-24-14-13-21(30)16-23(24)28-33-32-27(39-28)20-10-8-9-19(15-20)26(36)31-25-18(3)34(4)35(29(25)37)22-11-6-5-7-12-22/h5-17H,1-4H3,(H,31,36). The highest BCUT2D eigenvalue weighted by Gasteiger charge is 2.20. The maximum atomic E-state index is 13.2. The zero-order valence-corrected chi connectivity index (χ0v) is 22.6. The molecule has 2 aromatic heterocycles. The van der Waals surface area contributed by atoms with E-state index in [9.17, 15) is 9.59 Å². The lowest BCUT2D eigenvalue weighted by Crippen LogP contribution is -2.23. The van der Waals surface area contributed by atoms with E-state index in [1.165, 1.54) is 4.68 Å². The van der Waals surface area contributed by atoms with Crippen molar-refractivity contribution in [3.63, 3.8) is 0 Å². The maximum Gasteiger partial charge on any atom is 0.295 e. The highest BCUT2D eigenvalue weighted by molar-refractivity contribution is 6.30. The van der Waals surface area contributed by atoms with E-state index in [1.54, 1.807) is 61.1 Å². The van der Waals surface area contributed by atoms with E-state index in [-0.39, 0.29) is 29.1 Å². The second kappa shape index (κ2) is 10.6. The Balaban J connectivity index is 1.43. The fraction of sp³-hybridized carbons (Fsp3) is 0.172. The van der Waals surface area contributed by atoms with Crippen LogP contribution in [0.15, 0.2) is 82.0 Å². The third-order valence-electron chi connectivity index (χ3n) is 6.12. The number of nitrogens with one attached hydrogen (secondary N) is 1. The summed E-state index contributed by atoms with van der Waals surface area (Å²) in [5, 5.41) is 11.6. The number of amides is 1. The molecule has 0 spiro atoms. The molecule has 1 amide bonds. The Labute approximate surface area is 229 Å². The van der Waals surface area contributed by atoms with E-state index in [4.69, 9.17) is 20.8 Å². The number of aromatic nitrogens is 4. The average Bonchev–Trinajstić information content (AvgIpc) is 3.50. The van der Waals surface area contributed by atoms with Crippen molar-refractivity contribution in [3.05, 3.63) is 99.4 Å². The smallest absolute Gasteiger partial charge is 0.295 e. The predicted octanol–water partition coefficient (Wildman–Crippen LogP) is 5.89. The average molecular weight is 544 g/mol. The summed E-state index contributed by atoms with van der Waals surface area (Å²) >= 11 is 6.20. The van der Waals surface area contributed by atoms with Gasteiger partial charge in [0.05, 0.1) is 23.0 Å². The predicted molar refractivity (Wildman–Crippen MR) is 150 cm³/mol. The van der Waals surface area contributed by atoms with E-state index in [0.717, 1.165) is 0 Å². The molecule has 198 valence electrons. The van der Waals surface area contributed by atoms with Gasteiger partial charge in [0.15, 0.2) is 0 Å². The molecule has 0 saturated carbocycles. The van der Waals surface area contributed by atoms with Crippen molar-refractivity contribution in [2.45, 2.75) is 26.9 Å². The Hall–Kier alpha value is -4.63. The Kier molecular flexibility index (Phi) is 7.08. The van der Waals surface area contributed by atoms with Gasteiger partial charge < -0.3 is 14.5 Å². The first-order valence-corrected chi connectivity index (χ1v) is 12.7. The second-order valence-electron chi connectivity index (χ2n) is 9.19. The lowest BCUT2D eigenvalue weighted by molar-refractivity contribution is 0.102. The van der Waals surface area contributed by atoms with Crippen LogP contribution in [0.5, 0.6) is 5.75 Å². The zero-order chi connectivity index (χ0) is 27.7. The quantitative estimate of drug-likeness (QED) is 0.274. The van der Waals surface area contributed by atoms with Gasteiger partial charge in [-0.15, -0.1) is 10.2 Å². The van der Waals surface area contributed by atoms with Gasteiger partial charge in [-0.1, -0.05) is 35.9 Å². The zero-order valence-electron chi connectivity index (χ0n) is 21.8. The fourth-order valence-corrected chi connectivity index (χ4v) is 4.34. The molecule has 0 bridgehead atoms. The van der Waals surface area contributed by atoms with Crippen LogP contribution in [0.1, 0.15) is 29.9 Å². The molecule has 0 aliphatic rings. The Morgan fingerprint density at radius 2 is 1.74 bits per heavy atom. The second-order valence-corrected chi connectivity index (χ2v) is 9.63. The minimum Gasteiger partial charge on any atom is -0.490 e. The van der Waals surface area contributed by atoms with Crippen molar-refractivity contribution in [2.24, 2.45) is 7.05 Å². The molecular formula is C29H26ClN5O4. The molecule has 0 aliphatic heterocycles. The van der Waals surface area contributed by atoms with Crippen molar-refractivity contribution in [3.8, 4) is 34.3 Å². The Morgan fingerprint density at radius 1 is 1.00 bits per heavy atom. The Morgan fingerprint density at radius 3 is 2.49 bits per heavy atom. The van der Waals surface area contributed by atoms with Crippen LogP contribution in [-0.2, 0) is 7.05 Å². The molecule has 0 fully saturated rings. The van der Waals surface area contributed by atoms with E-state index in [2.05, 4.69) is 15.5 Å². The number of carbonyl (C=O) groups is 1. The van der Waals surface area contributed by atoms with Gasteiger partial charge >= 0.3 is 0 Å². The van der Waals surface area contributed by atoms with Crippen molar-refractivity contribution < 1.29 is 13.9 Å². The minimum atomic E-state index is -0.440. The van der Waals surface area contributed by atoms with Crippen LogP contribution in [0.2, 0.25) is 5.02 Å². The highest BCUT2D eigenvalue weighted by atomic mass is 35.5. The molecule has 1 N–H and O–H groups in total. The van der Waals surface area contributed by atoms with Gasteiger partial charge in [-0.2, -0.15) is 0 Å². The van der Waals surface area contributed by atoms with Crippen molar-refractivity contribution >= 4 is 23.2 Å². The SMILES string of the molecule is Cc1c(NC(=O)c2cccc(-c3nnc(-c4cc(Cl)ccc4OC(C)C)o3)c2)c(=O)n(-c2ccccc2)n1C. The molecule has 5 aromatic rings. The van der Waals surface area contributed by atoms with Crippen LogP contribution in [0, 0.1) is 6.92 Å². The number of hydrogen-bond acceptors (Lipinski definition) is 6. The summed E-state index contributed by atoms with van der Waals surface area (Å²) in [5.41, 5.74) is 2.64. The van der Waals surface area contributed by atoms with Crippen LogP contribution >= 0.6 is 11.6 Å². The van der Waals surface area contributed by atoms with Gasteiger partial charge in [-0.05, 0) is 69.3 Å². The van der Waals surface area contributed by atoms with E-state index in [1.807, 2.05) is 44.2 Å². The number of carbonyl (C=O) groups excluding carboxylic acids is 1. The molecule has 3 aromatic carbocycles. The number of ether oxygens (including phenoxy) is 1. The third-order valence-corrected chi connectivity index (χ3v) is 6.36. The number of para-hydroxylation sites is 1. The lowest BCUT2D eigenvalue weighted by Gasteiger charge is -2.12. The topological polar surface area (TPSA) is 104 Å². The summed E-state index contributed by atoms with van der Waals surface area (Å²) in [6.07, 6.45) is -0.0624. The first-order valence-electron chi connectivity index (χ1n) is 12.3. The van der Waals surface area contributed by atoms with Crippen LogP contribution in [-0.4, -0.2) is 31.6 Å². The summed E-state index contributed by atoms with van der Waals surface area (Å²) in [4.78, 5) is 26.4. The molecule has 0 unspecified atom stereocenters. The molecule has 10 heteroatoms. The largest absolute Gasteiger partial charge is 0.490 e. The van der Waals surface area contributed by atoms with Crippen molar-refractivity contribution in [1.29, 1.82) is 0 Å². The third kappa shape index (κ3) is 5.21. The monoisotopic (exact) mass is 543 g/mol. The van der Waals surface area contributed by atoms with Crippen LogP contribution < -0.4 is 15.6 Å². The fourth-order valence-electron chi connectivity index (χ4n) is 4.17. The van der Waals surface area contributed by atoms with Crippen molar-refractivity contribution in [1.82, 2.24) is 19.6 Å². The van der Waals surface area contributed by atoms with E-state index in [0.29, 0.717) is 38.8 Å². The summed E-state index contributed by atoms with van der Waals surface area (Å²) in [7, 11) is 1.77. The summed E-state index contributed by atoms with van der Waals surface area (Å²) < 4.78 is 15.0. The molecule has 0 aliphatic carbocycles. The van der Waals surface area contributed by atoms with Gasteiger partial charge in [0, 0.05) is 23.2 Å². The minimum absolute atomic E-state index is 0.0624. The number of halogens is 1. The molecule has 2 heterocycles. The summed E-state index contributed by atoms with van der Waals surface area (Å²) in [5.74, 6) is 0.582.